The minimum absolute atomic E-state index is 0.0241. The van der Waals surface area contributed by atoms with Crippen molar-refractivity contribution in [1.82, 2.24) is 9.97 Å². The van der Waals surface area contributed by atoms with E-state index >= 15 is 0 Å². The first-order valence-electron chi connectivity index (χ1n) is 8.65. The Morgan fingerprint density at radius 1 is 1.27 bits per heavy atom. The van der Waals surface area contributed by atoms with Crippen LogP contribution >= 0.6 is 22.7 Å². The predicted octanol–water partition coefficient (Wildman–Crippen LogP) is 4.36. The van der Waals surface area contributed by atoms with Crippen LogP contribution in [-0.2, 0) is 29.0 Å². The minimum Gasteiger partial charge on any atom is -0.454 e. The molecule has 0 saturated carbocycles. The molecule has 26 heavy (non-hydrogen) atoms. The van der Waals surface area contributed by atoms with E-state index in [1.54, 1.807) is 28.7 Å². The molecule has 3 aromatic rings. The molecule has 2 N–H and O–H groups in total. The first kappa shape index (κ1) is 17.2. The van der Waals surface area contributed by atoms with Crippen LogP contribution < -0.4 is 5.73 Å². The van der Waals surface area contributed by atoms with E-state index in [0.717, 1.165) is 27.9 Å². The number of nitrogen functional groups attached to an aromatic ring is 1. The number of ether oxygens (including phenoxy) is 1. The molecule has 5 nitrogen and oxygen atoms in total. The molecule has 0 radical (unpaired) electrons. The van der Waals surface area contributed by atoms with E-state index in [9.17, 15) is 4.79 Å². The van der Waals surface area contributed by atoms with Gasteiger partial charge in [0.25, 0.3) is 0 Å². The van der Waals surface area contributed by atoms with E-state index in [1.807, 2.05) is 17.5 Å². The second-order valence-corrected chi connectivity index (χ2v) is 8.29. The highest BCUT2D eigenvalue weighted by molar-refractivity contribution is 7.19. The summed E-state index contributed by atoms with van der Waals surface area (Å²) in [6.45, 7) is 0.0241. The summed E-state index contributed by atoms with van der Waals surface area (Å²) in [6, 6.07) is 3.87. The minimum atomic E-state index is -0.414. The smallest absolute Gasteiger partial charge is 0.331 e. The number of carbonyl (C=O) groups is 1. The molecular weight excluding hydrogens is 366 g/mol. The summed E-state index contributed by atoms with van der Waals surface area (Å²) in [5, 5.41) is 2.96. The lowest BCUT2D eigenvalue weighted by Crippen LogP contribution is -2.06. The summed E-state index contributed by atoms with van der Waals surface area (Å²) in [6.07, 6.45) is 8.96. The summed E-state index contributed by atoms with van der Waals surface area (Å²) in [4.78, 5) is 24.1. The Kier molecular flexibility index (Phi) is 4.99. The number of thiophene rings is 2. The summed E-state index contributed by atoms with van der Waals surface area (Å²) in [7, 11) is 0. The highest BCUT2D eigenvalue weighted by Gasteiger charge is 2.19. The Balaban J connectivity index is 1.50. The fourth-order valence-electron chi connectivity index (χ4n) is 3.19. The van der Waals surface area contributed by atoms with Gasteiger partial charge in [0.15, 0.2) is 12.4 Å². The molecule has 0 aromatic carbocycles. The molecule has 4 rings (SSSR count). The molecule has 0 bridgehead atoms. The Morgan fingerprint density at radius 3 is 3.00 bits per heavy atom. The van der Waals surface area contributed by atoms with Gasteiger partial charge >= 0.3 is 5.97 Å². The van der Waals surface area contributed by atoms with Gasteiger partial charge < -0.3 is 10.5 Å². The van der Waals surface area contributed by atoms with Crippen molar-refractivity contribution in [3.63, 3.8) is 0 Å². The van der Waals surface area contributed by atoms with Crippen LogP contribution in [0.25, 0.3) is 16.3 Å². The van der Waals surface area contributed by atoms with Crippen molar-refractivity contribution in [2.75, 3.05) is 5.73 Å². The quantitative estimate of drug-likeness (QED) is 0.410. The molecule has 0 unspecified atom stereocenters. The highest BCUT2D eigenvalue weighted by Crippen LogP contribution is 2.37. The summed E-state index contributed by atoms with van der Waals surface area (Å²) in [5.74, 6) is 0.529. The molecule has 1 aliphatic carbocycles. The molecule has 7 heteroatoms. The zero-order valence-electron chi connectivity index (χ0n) is 14.2. The fraction of sp³-hybridized carbons (Fsp3) is 0.316. The third kappa shape index (κ3) is 3.64. The molecule has 0 fully saturated rings. The molecule has 134 valence electrons. The van der Waals surface area contributed by atoms with Gasteiger partial charge in [-0.2, -0.15) is 0 Å². The van der Waals surface area contributed by atoms with Crippen LogP contribution in [0, 0.1) is 0 Å². The van der Waals surface area contributed by atoms with E-state index in [4.69, 9.17) is 10.5 Å². The monoisotopic (exact) mass is 385 g/mol. The lowest BCUT2D eigenvalue weighted by Gasteiger charge is -2.05. The van der Waals surface area contributed by atoms with E-state index in [1.165, 1.54) is 35.8 Å². The van der Waals surface area contributed by atoms with Gasteiger partial charge in [-0.25, -0.2) is 14.8 Å². The normalized spacial score (nSPS) is 14.5. The standard InChI is InChI=1S/C19H19N3O2S2/c20-18-17-13-6-2-1-3-7-14(13)26-19(17)22-15(21-18)11-24-16(23)9-8-12-5-4-10-25-12/h4-5,8-10H,1-3,6-7,11H2,(H2,20,21,22). The largest absolute Gasteiger partial charge is 0.454 e. The number of nitrogens with zero attached hydrogens (tertiary/aromatic N) is 2. The maximum Gasteiger partial charge on any atom is 0.331 e. The SMILES string of the molecule is Nc1nc(COC(=O)C=Cc2cccs2)nc2sc3c(c12)CCCCC3. The maximum absolute atomic E-state index is 11.9. The van der Waals surface area contributed by atoms with Crippen molar-refractivity contribution in [1.29, 1.82) is 0 Å². The number of hydrogen-bond donors (Lipinski definition) is 1. The van der Waals surface area contributed by atoms with E-state index in [0.29, 0.717) is 11.6 Å². The number of fused-ring (bicyclic) bond motifs is 3. The van der Waals surface area contributed by atoms with Crippen LogP contribution in [0.5, 0.6) is 0 Å². The van der Waals surface area contributed by atoms with Crippen molar-refractivity contribution < 1.29 is 9.53 Å². The lowest BCUT2D eigenvalue weighted by molar-refractivity contribution is -0.139. The van der Waals surface area contributed by atoms with Gasteiger partial charge in [0, 0.05) is 15.8 Å². The maximum atomic E-state index is 11.9. The van der Waals surface area contributed by atoms with Crippen LogP contribution in [0.1, 0.15) is 40.4 Å². The molecule has 0 aliphatic heterocycles. The molecule has 1 aliphatic rings. The first-order chi connectivity index (χ1) is 12.7. The number of aryl methyl sites for hydroxylation is 2. The molecule has 0 amide bonds. The predicted molar refractivity (Wildman–Crippen MR) is 106 cm³/mol. The van der Waals surface area contributed by atoms with Gasteiger partial charge in [0.1, 0.15) is 10.6 Å². The van der Waals surface area contributed by atoms with Gasteiger partial charge in [0.05, 0.1) is 5.39 Å². The number of carbonyl (C=O) groups excluding carboxylic acids is 1. The lowest BCUT2D eigenvalue weighted by atomic mass is 10.1. The molecule has 0 spiro atoms. The van der Waals surface area contributed by atoms with Crippen LogP contribution in [0.2, 0.25) is 0 Å². The van der Waals surface area contributed by atoms with Crippen LogP contribution in [0.4, 0.5) is 5.82 Å². The number of esters is 1. The van der Waals surface area contributed by atoms with Gasteiger partial charge in [-0.05, 0) is 48.8 Å². The highest BCUT2D eigenvalue weighted by atomic mass is 32.1. The second-order valence-electron chi connectivity index (χ2n) is 6.23. The first-order valence-corrected chi connectivity index (χ1v) is 10.4. The van der Waals surface area contributed by atoms with Crippen LogP contribution in [0.3, 0.4) is 0 Å². The van der Waals surface area contributed by atoms with E-state index in [2.05, 4.69) is 9.97 Å². The summed E-state index contributed by atoms with van der Waals surface area (Å²) >= 11 is 3.26. The Bertz CT molecular complexity index is 961. The number of rotatable bonds is 4. The fourth-order valence-corrected chi connectivity index (χ4v) is 5.10. The molecule has 0 atom stereocenters. The Labute approximate surface area is 159 Å². The van der Waals surface area contributed by atoms with Gasteiger partial charge in [-0.15, -0.1) is 22.7 Å². The topological polar surface area (TPSA) is 78.1 Å². The molecule has 3 aromatic heterocycles. The number of anilines is 1. The van der Waals surface area contributed by atoms with Crippen molar-refractivity contribution in [2.45, 2.75) is 38.7 Å². The third-order valence-corrected chi connectivity index (χ3v) is 6.43. The second kappa shape index (κ2) is 7.55. The average molecular weight is 386 g/mol. The molecule has 0 saturated heterocycles. The molecular formula is C19H19N3O2S2. The summed E-state index contributed by atoms with van der Waals surface area (Å²) < 4.78 is 5.26. The number of nitrogens with two attached hydrogens (primary N) is 1. The zero-order valence-corrected chi connectivity index (χ0v) is 15.9. The van der Waals surface area contributed by atoms with Gasteiger partial charge in [-0.3, -0.25) is 0 Å². The Morgan fingerprint density at radius 2 is 2.15 bits per heavy atom. The zero-order chi connectivity index (χ0) is 17.9. The van der Waals surface area contributed by atoms with Gasteiger partial charge in [-0.1, -0.05) is 12.5 Å². The van der Waals surface area contributed by atoms with Crippen molar-refractivity contribution in [3.8, 4) is 0 Å². The van der Waals surface area contributed by atoms with Gasteiger partial charge in [0.2, 0.25) is 0 Å². The number of aromatic nitrogens is 2. The number of hydrogen-bond acceptors (Lipinski definition) is 7. The van der Waals surface area contributed by atoms with Crippen LogP contribution in [-0.4, -0.2) is 15.9 Å². The Hall–Kier alpha value is -2.25. The van der Waals surface area contributed by atoms with Crippen molar-refractivity contribution in [2.24, 2.45) is 0 Å². The van der Waals surface area contributed by atoms with Crippen molar-refractivity contribution >= 4 is 50.8 Å². The average Bonchev–Trinajstić information content (AvgIpc) is 3.21. The van der Waals surface area contributed by atoms with E-state index < -0.39 is 5.97 Å². The summed E-state index contributed by atoms with van der Waals surface area (Å²) in [5.41, 5.74) is 7.53. The van der Waals surface area contributed by atoms with Crippen LogP contribution in [0.15, 0.2) is 23.6 Å². The third-order valence-electron chi connectivity index (χ3n) is 4.41. The van der Waals surface area contributed by atoms with Crippen molar-refractivity contribution in [3.05, 3.63) is 44.7 Å². The van der Waals surface area contributed by atoms with E-state index in [-0.39, 0.29) is 6.61 Å². The molecule has 3 heterocycles.